The predicted molar refractivity (Wildman–Crippen MR) is 143 cm³/mol. The molecule has 0 saturated carbocycles. The van der Waals surface area contributed by atoms with Crippen molar-refractivity contribution in [2.45, 2.75) is 52.2 Å². The largest absolute Gasteiger partial charge is 0.388 e. The second kappa shape index (κ2) is 9.70. The van der Waals surface area contributed by atoms with Crippen molar-refractivity contribution in [3.63, 3.8) is 0 Å². The number of amides is 1. The number of H-pyrrole nitrogens is 1. The maximum Gasteiger partial charge on any atom is 0.235 e. The fourth-order valence-corrected chi connectivity index (χ4v) is 6.63. The SMILES string of the molecule is C/C1=C\[C@@H](C)C/C=C/[C@H]2C=C[C@@H](C)[C@H]3[C@H](Cc4c[nH]c5ccccc45)NC(=O)[C@]32C(=O)/C=C/C[C@@H]1O. The quantitative estimate of drug-likeness (QED) is 0.412. The van der Waals surface area contributed by atoms with Crippen LogP contribution in [0.5, 0.6) is 0 Å². The highest BCUT2D eigenvalue weighted by atomic mass is 16.3. The molecule has 1 aromatic heterocycles. The Morgan fingerprint density at radius 3 is 2.69 bits per heavy atom. The molecule has 1 amide bonds. The summed E-state index contributed by atoms with van der Waals surface area (Å²) in [7, 11) is 0. The number of rotatable bonds is 2. The van der Waals surface area contributed by atoms with Gasteiger partial charge < -0.3 is 15.4 Å². The van der Waals surface area contributed by atoms with Crippen LogP contribution in [0.3, 0.4) is 0 Å². The fraction of sp³-hybridized carbons (Fsp3) is 0.419. The van der Waals surface area contributed by atoms with Gasteiger partial charge in [0.2, 0.25) is 5.91 Å². The van der Waals surface area contributed by atoms with Gasteiger partial charge in [0.15, 0.2) is 5.78 Å². The topological polar surface area (TPSA) is 82.2 Å². The number of hydrogen-bond donors (Lipinski definition) is 3. The number of hydrogen-bond acceptors (Lipinski definition) is 3. The highest BCUT2D eigenvalue weighted by Crippen LogP contribution is 2.52. The van der Waals surface area contributed by atoms with Crippen LogP contribution in [0.1, 0.15) is 39.2 Å². The van der Waals surface area contributed by atoms with E-state index >= 15 is 0 Å². The molecule has 1 saturated heterocycles. The molecule has 0 unspecified atom stereocenters. The number of benzene rings is 1. The Bertz CT molecular complexity index is 1280. The minimum Gasteiger partial charge on any atom is -0.388 e. The van der Waals surface area contributed by atoms with Crippen molar-refractivity contribution < 1.29 is 14.7 Å². The van der Waals surface area contributed by atoms with Gasteiger partial charge in [0.25, 0.3) is 0 Å². The molecule has 1 spiro atoms. The molecular formula is C31H36N2O3. The number of aliphatic hydroxyl groups excluding tert-OH is 1. The minimum absolute atomic E-state index is 0.0604. The normalized spacial score (nSPS) is 38.1. The van der Waals surface area contributed by atoms with E-state index in [1.165, 1.54) is 0 Å². The van der Waals surface area contributed by atoms with Crippen molar-refractivity contribution >= 4 is 22.6 Å². The van der Waals surface area contributed by atoms with Gasteiger partial charge in [0, 0.05) is 35.0 Å². The van der Waals surface area contributed by atoms with E-state index in [0.717, 1.165) is 28.5 Å². The Hall–Kier alpha value is -3.18. The maximum atomic E-state index is 14.0. The van der Waals surface area contributed by atoms with Gasteiger partial charge in [-0.15, -0.1) is 0 Å². The Kier molecular flexibility index (Phi) is 6.60. The van der Waals surface area contributed by atoms with Crippen LogP contribution in [0.4, 0.5) is 0 Å². The number of carbonyl (C=O) groups is 2. The second-order valence-corrected chi connectivity index (χ2v) is 10.9. The summed E-state index contributed by atoms with van der Waals surface area (Å²) >= 11 is 0. The molecule has 36 heavy (non-hydrogen) atoms. The van der Waals surface area contributed by atoms with E-state index in [4.69, 9.17) is 0 Å². The van der Waals surface area contributed by atoms with Crippen molar-refractivity contribution in [2.75, 3.05) is 0 Å². The van der Waals surface area contributed by atoms with Crippen LogP contribution in [0.25, 0.3) is 10.9 Å². The van der Waals surface area contributed by atoms with Gasteiger partial charge in [-0.25, -0.2) is 0 Å². The molecular weight excluding hydrogens is 448 g/mol. The lowest BCUT2D eigenvalue weighted by Crippen LogP contribution is -2.51. The molecule has 1 fully saturated rings. The lowest BCUT2D eigenvalue weighted by atomic mass is 9.56. The third-order valence-corrected chi connectivity index (χ3v) is 8.44. The summed E-state index contributed by atoms with van der Waals surface area (Å²) in [5.74, 6) is -0.532. The number of aromatic amines is 1. The number of nitrogens with one attached hydrogen (secondary N) is 2. The molecule has 5 nitrogen and oxygen atoms in total. The molecule has 0 bridgehead atoms. The lowest BCUT2D eigenvalue weighted by Gasteiger charge is -2.42. The van der Waals surface area contributed by atoms with Crippen LogP contribution in [0.15, 0.2) is 78.6 Å². The van der Waals surface area contributed by atoms with Gasteiger partial charge in [-0.2, -0.15) is 0 Å². The minimum atomic E-state index is -1.19. The Morgan fingerprint density at radius 2 is 1.86 bits per heavy atom. The monoisotopic (exact) mass is 484 g/mol. The molecule has 2 aliphatic carbocycles. The molecule has 1 aliphatic heterocycles. The zero-order chi connectivity index (χ0) is 25.4. The molecule has 188 valence electrons. The number of aliphatic hydroxyl groups is 1. The maximum absolute atomic E-state index is 14.0. The van der Waals surface area contributed by atoms with Gasteiger partial charge in [0.05, 0.1) is 6.10 Å². The van der Waals surface area contributed by atoms with Crippen LogP contribution in [-0.4, -0.2) is 33.9 Å². The third kappa shape index (κ3) is 4.09. The van der Waals surface area contributed by atoms with Crippen molar-refractivity contribution in [3.05, 3.63) is 84.1 Å². The highest BCUT2D eigenvalue weighted by molar-refractivity contribution is 6.13. The van der Waals surface area contributed by atoms with Crippen molar-refractivity contribution in [1.82, 2.24) is 10.3 Å². The molecule has 2 aromatic rings. The summed E-state index contributed by atoms with van der Waals surface area (Å²) in [6.07, 6.45) is 16.9. The van der Waals surface area contributed by atoms with Gasteiger partial charge in [-0.3, -0.25) is 9.59 Å². The summed E-state index contributed by atoms with van der Waals surface area (Å²) < 4.78 is 0. The average Bonchev–Trinajstić information content (AvgIpc) is 3.39. The van der Waals surface area contributed by atoms with Crippen molar-refractivity contribution in [3.8, 4) is 0 Å². The Balaban J connectivity index is 1.56. The van der Waals surface area contributed by atoms with Crippen LogP contribution in [0, 0.1) is 29.1 Å². The molecule has 5 heteroatoms. The summed E-state index contributed by atoms with van der Waals surface area (Å²) in [5, 5.41) is 15.0. The number of carbonyl (C=O) groups excluding carboxylic acids is 2. The average molecular weight is 485 g/mol. The van der Waals surface area contributed by atoms with E-state index in [-0.39, 0.29) is 41.4 Å². The van der Waals surface area contributed by atoms with E-state index in [1.54, 1.807) is 12.2 Å². The van der Waals surface area contributed by atoms with Crippen LogP contribution in [0.2, 0.25) is 0 Å². The number of fused-ring (bicyclic) bond motifs is 1. The van der Waals surface area contributed by atoms with Crippen LogP contribution >= 0.6 is 0 Å². The molecule has 2 heterocycles. The summed E-state index contributed by atoms with van der Waals surface area (Å²) in [4.78, 5) is 31.2. The lowest BCUT2D eigenvalue weighted by molar-refractivity contribution is -0.142. The first kappa shape index (κ1) is 24.5. The number of allylic oxidation sites excluding steroid dienone is 6. The van der Waals surface area contributed by atoms with E-state index in [2.05, 4.69) is 66.7 Å². The first-order valence-corrected chi connectivity index (χ1v) is 13.1. The van der Waals surface area contributed by atoms with Gasteiger partial charge >= 0.3 is 0 Å². The Morgan fingerprint density at radius 1 is 1.06 bits per heavy atom. The van der Waals surface area contributed by atoms with Gasteiger partial charge in [-0.1, -0.05) is 68.5 Å². The molecule has 3 aliphatic rings. The standard InChI is InChI=1S/C31H36N2O3/c1-19-8-6-9-23-15-14-20(2)29-26(17-22-18-32-25-11-5-4-10-24(22)25)33-30(36)31(23,29)28(35)13-7-12-27(34)21(3)16-19/h4-7,9-11,13-16,18-20,23,26-27,29,32,34H,8,12,17H2,1-3H3,(H,33,36)/b9-6+,13-7+,21-16+/t19-,20+,23-,26-,27-,29-,31+/m0/s1. The van der Waals surface area contributed by atoms with E-state index in [1.807, 2.05) is 25.3 Å². The molecule has 0 radical (unpaired) electrons. The predicted octanol–water partition coefficient (Wildman–Crippen LogP) is 5.05. The van der Waals surface area contributed by atoms with Gasteiger partial charge in [0.1, 0.15) is 5.41 Å². The molecule has 1 aromatic carbocycles. The number of para-hydroxylation sites is 1. The highest BCUT2D eigenvalue weighted by Gasteiger charge is 2.64. The van der Waals surface area contributed by atoms with E-state index < -0.39 is 11.5 Å². The van der Waals surface area contributed by atoms with E-state index in [0.29, 0.717) is 12.8 Å². The molecule has 7 atom stereocenters. The third-order valence-electron chi connectivity index (χ3n) is 8.44. The molecule has 5 rings (SSSR count). The summed E-state index contributed by atoms with van der Waals surface area (Å²) in [5.41, 5.74) is 1.93. The first-order chi connectivity index (χ1) is 17.3. The number of ketones is 1. The fourth-order valence-electron chi connectivity index (χ4n) is 6.63. The molecule has 3 N–H and O–H groups in total. The van der Waals surface area contributed by atoms with Crippen molar-refractivity contribution in [1.29, 1.82) is 0 Å². The smallest absolute Gasteiger partial charge is 0.235 e. The van der Waals surface area contributed by atoms with E-state index in [9.17, 15) is 14.7 Å². The Labute approximate surface area is 213 Å². The zero-order valence-electron chi connectivity index (χ0n) is 21.3. The zero-order valence-corrected chi connectivity index (χ0v) is 21.3. The first-order valence-electron chi connectivity index (χ1n) is 13.1. The summed E-state index contributed by atoms with van der Waals surface area (Å²) in [6, 6.07) is 8.02. The summed E-state index contributed by atoms with van der Waals surface area (Å²) in [6.45, 7) is 6.17. The van der Waals surface area contributed by atoms with Gasteiger partial charge in [-0.05, 0) is 61.3 Å². The second-order valence-electron chi connectivity index (χ2n) is 10.9. The van der Waals surface area contributed by atoms with Crippen LogP contribution < -0.4 is 5.32 Å². The van der Waals surface area contributed by atoms with Crippen LogP contribution in [-0.2, 0) is 16.0 Å². The van der Waals surface area contributed by atoms with Crippen molar-refractivity contribution in [2.24, 2.45) is 29.1 Å². The number of aromatic nitrogens is 1.